The van der Waals surface area contributed by atoms with E-state index in [1.54, 1.807) is 0 Å². The Morgan fingerprint density at radius 2 is 1.64 bits per heavy atom. The molecular weight excluding hydrogens is 492 g/mol. The fourth-order valence-electron chi connectivity index (χ4n) is 7.81. The van der Waals surface area contributed by atoms with E-state index in [9.17, 15) is 0 Å². The van der Waals surface area contributed by atoms with E-state index >= 15 is 0 Å². The third-order valence-corrected chi connectivity index (χ3v) is 11.4. The fourth-order valence-corrected chi connectivity index (χ4v) is 8.83. The Kier molecular flexibility index (Phi) is 5.09. The van der Waals surface area contributed by atoms with E-state index in [0.717, 1.165) is 24.2 Å². The third kappa shape index (κ3) is 2.94. The van der Waals surface area contributed by atoms with E-state index in [4.69, 9.17) is 11.6 Å². The predicted molar refractivity (Wildman–Crippen MR) is 165 cm³/mol. The average Bonchev–Trinajstić information content (AvgIpc) is 3.33. The molecule has 3 atom stereocenters. The second-order valence-electron chi connectivity index (χ2n) is 12.2. The van der Waals surface area contributed by atoms with Crippen LogP contribution in [0.4, 0.5) is 22.9 Å². The number of nitrogens with zero attached hydrogens (tertiary/aromatic N) is 4. The van der Waals surface area contributed by atoms with Gasteiger partial charge in [0.05, 0.1) is 5.69 Å². The number of benzene rings is 2. The van der Waals surface area contributed by atoms with Gasteiger partial charge in [-0.2, -0.15) is 0 Å². The molecule has 196 valence electrons. The van der Waals surface area contributed by atoms with Crippen molar-refractivity contribution in [3.63, 3.8) is 0 Å². The zero-order chi connectivity index (χ0) is 27.2. The lowest BCUT2D eigenvalue weighted by molar-refractivity contribution is 0.315. The molecule has 2 aromatic carbocycles. The highest BCUT2D eigenvalue weighted by Gasteiger charge is 2.79. The molecule has 1 saturated carbocycles. The minimum atomic E-state index is -1.75. The van der Waals surface area contributed by atoms with Gasteiger partial charge in [-0.3, -0.25) is 4.98 Å². The summed E-state index contributed by atoms with van der Waals surface area (Å²) in [4.78, 5) is 15.2. The van der Waals surface area contributed by atoms with Crippen LogP contribution in [0.5, 0.6) is 0 Å². The molecule has 3 unspecified atom stereocenters. The Morgan fingerprint density at radius 1 is 0.897 bits per heavy atom. The number of anilines is 4. The Hall–Kier alpha value is -3.70. The Morgan fingerprint density at radius 3 is 2.31 bits per heavy atom. The first-order valence-electron chi connectivity index (χ1n) is 14.2. The quantitative estimate of drug-likeness (QED) is 0.194. The molecule has 4 heterocycles. The minimum Gasteiger partial charge on any atom is -0.315 e. The zero-order valence-electron chi connectivity index (χ0n) is 23.6. The van der Waals surface area contributed by atoms with Gasteiger partial charge < -0.3 is 9.80 Å². The summed E-state index contributed by atoms with van der Waals surface area (Å²) in [5.41, 5.74) is 8.62. The summed E-state index contributed by atoms with van der Waals surface area (Å²) < 4.78 is 0. The van der Waals surface area contributed by atoms with Gasteiger partial charge in [0.1, 0.15) is 14.2 Å². The lowest BCUT2D eigenvalue weighted by Gasteiger charge is -2.45. The maximum absolute atomic E-state index is 5.56. The Balaban J connectivity index is 1.63. The standard InChI is InChI=1S/C34H36N4Si/c1-7-33-23(3)34(33,8-2)32-37(25-16-10-9-11-17-25)30-26(24-15-14-20-35-22-24)21-29(39(4,5)6)36-31(30)38(32)28-19-13-12-18-27(28)33/h9-22,32H,3,7-8H2,1-2,4-6H3. The van der Waals surface area contributed by atoms with E-state index in [1.807, 2.05) is 18.5 Å². The van der Waals surface area contributed by atoms with Crippen LogP contribution in [0.1, 0.15) is 32.3 Å². The van der Waals surface area contributed by atoms with Gasteiger partial charge in [-0.1, -0.05) is 88.1 Å². The molecule has 39 heavy (non-hydrogen) atoms. The number of hydrogen-bond acceptors (Lipinski definition) is 4. The smallest absolute Gasteiger partial charge is 0.159 e. The van der Waals surface area contributed by atoms with Gasteiger partial charge in [0.25, 0.3) is 0 Å². The molecule has 0 radical (unpaired) electrons. The molecule has 0 bridgehead atoms. The van der Waals surface area contributed by atoms with Crippen molar-refractivity contribution in [1.82, 2.24) is 9.97 Å². The molecule has 3 aliphatic rings. The van der Waals surface area contributed by atoms with Crippen molar-refractivity contribution in [2.24, 2.45) is 5.41 Å². The summed E-state index contributed by atoms with van der Waals surface area (Å²) in [5, 5.41) is 1.22. The van der Waals surface area contributed by atoms with Crippen LogP contribution in [-0.2, 0) is 5.41 Å². The number of fused-ring (bicyclic) bond motifs is 8. The highest BCUT2D eigenvalue weighted by molar-refractivity contribution is 6.88. The van der Waals surface area contributed by atoms with Crippen LogP contribution in [0.25, 0.3) is 11.1 Å². The third-order valence-electron chi connectivity index (χ3n) is 9.61. The molecule has 4 aromatic rings. The second-order valence-corrected chi connectivity index (χ2v) is 17.3. The van der Waals surface area contributed by atoms with Gasteiger partial charge in [-0.05, 0) is 48.7 Å². The lowest BCUT2D eigenvalue weighted by Crippen LogP contribution is -2.51. The van der Waals surface area contributed by atoms with E-state index in [-0.39, 0.29) is 17.0 Å². The molecule has 7 rings (SSSR count). The van der Waals surface area contributed by atoms with Crippen molar-refractivity contribution in [2.75, 3.05) is 9.80 Å². The number of para-hydroxylation sites is 2. The second kappa shape index (κ2) is 8.15. The maximum atomic E-state index is 5.56. The van der Waals surface area contributed by atoms with Gasteiger partial charge in [-0.25, -0.2) is 4.98 Å². The van der Waals surface area contributed by atoms with Crippen molar-refractivity contribution in [3.05, 3.63) is 103 Å². The summed E-state index contributed by atoms with van der Waals surface area (Å²) in [6, 6.07) is 26.5. The van der Waals surface area contributed by atoms with Gasteiger partial charge in [0.2, 0.25) is 0 Å². The SMILES string of the molecule is C=C1C2(CC)c3ccccc3N3c4nc([Si](C)(C)C)cc(-c5cccnc5)c4N(c4ccccc4)C3C12CC. The average molecular weight is 529 g/mol. The largest absolute Gasteiger partial charge is 0.315 e. The molecule has 5 heteroatoms. The van der Waals surface area contributed by atoms with E-state index < -0.39 is 8.07 Å². The monoisotopic (exact) mass is 528 g/mol. The van der Waals surface area contributed by atoms with Crippen molar-refractivity contribution in [3.8, 4) is 11.1 Å². The predicted octanol–water partition coefficient (Wildman–Crippen LogP) is 7.93. The van der Waals surface area contributed by atoms with E-state index in [2.05, 4.69) is 115 Å². The van der Waals surface area contributed by atoms with Crippen LogP contribution < -0.4 is 15.1 Å². The van der Waals surface area contributed by atoms with Crippen LogP contribution in [0.15, 0.2) is 97.3 Å². The number of rotatable bonds is 5. The molecule has 2 aromatic heterocycles. The molecule has 0 N–H and O–H groups in total. The summed E-state index contributed by atoms with van der Waals surface area (Å²) in [7, 11) is -1.75. The van der Waals surface area contributed by atoms with E-state index in [0.29, 0.717) is 0 Å². The maximum Gasteiger partial charge on any atom is 0.159 e. The molecule has 0 saturated heterocycles. The fraction of sp³-hybridized carbons (Fsp3) is 0.294. The molecular formula is C34H36N4Si. The molecule has 0 spiro atoms. The van der Waals surface area contributed by atoms with Crippen molar-refractivity contribution >= 4 is 36.3 Å². The van der Waals surface area contributed by atoms with Crippen LogP contribution >= 0.6 is 0 Å². The Bertz CT molecular complexity index is 1610. The molecule has 0 amide bonds. The normalized spacial score (nSPS) is 24.6. The molecule has 4 nitrogen and oxygen atoms in total. The van der Waals surface area contributed by atoms with Crippen molar-refractivity contribution < 1.29 is 0 Å². The topological polar surface area (TPSA) is 32.3 Å². The first kappa shape index (κ1) is 24.3. The van der Waals surface area contributed by atoms with Crippen LogP contribution in [0.2, 0.25) is 19.6 Å². The molecule has 1 fully saturated rings. The molecule has 1 aliphatic carbocycles. The van der Waals surface area contributed by atoms with E-state index in [1.165, 1.54) is 39.1 Å². The van der Waals surface area contributed by atoms with Crippen LogP contribution in [-0.4, -0.2) is 24.2 Å². The number of pyridine rings is 2. The lowest BCUT2D eigenvalue weighted by atomic mass is 9.76. The van der Waals surface area contributed by atoms with Gasteiger partial charge in [-0.15, -0.1) is 0 Å². The zero-order valence-corrected chi connectivity index (χ0v) is 24.6. The van der Waals surface area contributed by atoms with Crippen molar-refractivity contribution in [1.29, 1.82) is 0 Å². The van der Waals surface area contributed by atoms with Gasteiger partial charge in [0.15, 0.2) is 5.82 Å². The summed E-state index contributed by atoms with van der Waals surface area (Å²) in [5.74, 6) is 1.06. The first-order valence-corrected chi connectivity index (χ1v) is 17.7. The van der Waals surface area contributed by atoms with Gasteiger partial charge in [0, 0.05) is 51.0 Å². The Labute approximate surface area is 233 Å². The highest BCUT2D eigenvalue weighted by Crippen LogP contribution is 2.80. The molecule has 2 aliphatic heterocycles. The summed E-state index contributed by atoms with van der Waals surface area (Å²) in [6.45, 7) is 16.7. The van der Waals surface area contributed by atoms with Crippen LogP contribution in [0.3, 0.4) is 0 Å². The number of aromatic nitrogens is 2. The first-order chi connectivity index (χ1) is 18.8. The highest BCUT2D eigenvalue weighted by atomic mass is 28.3. The summed E-state index contributed by atoms with van der Waals surface area (Å²) >= 11 is 0. The summed E-state index contributed by atoms with van der Waals surface area (Å²) in [6.07, 6.45) is 5.98. The van der Waals surface area contributed by atoms with Crippen LogP contribution in [0, 0.1) is 5.41 Å². The van der Waals surface area contributed by atoms with Gasteiger partial charge >= 0.3 is 0 Å². The number of hydrogen-bond donors (Lipinski definition) is 0. The minimum absolute atomic E-state index is 0.0370. The van der Waals surface area contributed by atoms with Crippen molar-refractivity contribution in [2.45, 2.75) is 57.9 Å².